The minimum atomic E-state index is -3.84. The molecule has 0 saturated carbocycles. The average Bonchev–Trinajstić information content (AvgIpc) is 3.21. The first-order valence-corrected chi connectivity index (χ1v) is 13.0. The van der Waals surface area contributed by atoms with E-state index < -0.39 is 10.0 Å². The van der Waals surface area contributed by atoms with Gasteiger partial charge in [0.15, 0.2) is 12.5 Å². The molecule has 0 amide bonds. The van der Waals surface area contributed by atoms with Crippen molar-refractivity contribution in [3.63, 3.8) is 0 Å². The Morgan fingerprint density at radius 1 is 1.18 bits per heavy atom. The first-order chi connectivity index (χ1) is 15.8. The van der Waals surface area contributed by atoms with E-state index in [1.807, 2.05) is 38.1 Å². The summed E-state index contributed by atoms with van der Waals surface area (Å²) in [6.07, 6.45) is 4.04. The Morgan fingerprint density at radius 3 is 2.55 bits per heavy atom. The molecule has 3 aromatic rings. The highest BCUT2D eigenvalue weighted by molar-refractivity contribution is 7.92. The lowest BCUT2D eigenvalue weighted by molar-refractivity contribution is -0.0367. The molecule has 176 valence electrons. The summed E-state index contributed by atoms with van der Waals surface area (Å²) in [5, 5.41) is 5.07. The third-order valence-corrected chi connectivity index (χ3v) is 7.79. The molecule has 0 aliphatic carbocycles. The summed E-state index contributed by atoms with van der Waals surface area (Å²) in [5.74, 6) is 0.136. The molecule has 7 nitrogen and oxygen atoms in total. The predicted octanol–water partition coefficient (Wildman–Crippen LogP) is 4.96. The zero-order valence-electron chi connectivity index (χ0n) is 19.4. The zero-order valence-corrected chi connectivity index (χ0v) is 20.2. The molecule has 33 heavy (non-hydrogen) atoms. The number of rotatable bonds is 8. The topological polar surface area (TPSA) is 81.5 Å². The summed E-state index contributed by atoms with van der Waals surface area (Å²) in [7, 11) is -3.84. The molecule has 2 aromatic carbocycles. The Kier molecular flexibility index (Phi) is 6.86. The van der Waals surface area contributed by atoms with Gasteiger partial charge in [0.2, 0.25) is 0 Å². The van der Waals surface area contributed by atoms with Crippen molar-refractivity contribution >= 4 is 32.9 Å². The molecule has 0 spiro atoms. The van der Waals surface area contributed by atoms with Crippen LogP contribution in [0.4, 0.5) is 5.69 Å². The van der Waals surface area contributed by atoms with Crippen LogP contribution >= 0.6 is 0 Å². The lowest BCUT2D eigenvalue weighted by Gasteiger charge is -2.27. The number of fused-ring (bicyclic) bond motifs is 1. The number of aldehydes is 1. The van der Waals surface area contributed by atoms with Crippen molar-refractivity contribution in [1.82, 2.24) is 9.78 Å². The van der Waals surface area contributed by atoms with Gasteiger partial charge in [0.25, 0.3) is 10.0 Å². The molecule has 4 rings (SSSR count). The van der Waals surface area contributed by atoms with Crippen LogP contribution in [-0.4, -0.2) is 37.6 Å². The van der Waals surface area contributed by atoms with Crippen LogP contribution in [0.3, 0.4) is 0 Å². The van der Waals surface area contributed by atoms with E-state index in [1.165, 1.54) is 4.31 Å². The Bertz CT molecular complexity index is 1230. The maximum Gasteiger partial charge on any atom is 0.264 e. The first-order valence-electron chi connectivity index (χ1n) is 11.6. The van der Waals surface area contributed by atoms with Gasteiger partial charge in [0.05, 0.1) is 16.1 Å². The second kappa shape index (κ2) is 9.65. The largest absolute Gasteiger partial charge is 0.356 e. The molecule has 0 bridgehead atoms. The van der Waals surface area contributed by atoms with Crippen molar-refractivity contribution in [2.24, 2.45) is 5.92 Å². The van der Waals surface area contributed by atoms with E-state index in [0.29, 0.717) is 36.0 Å². The standard InChI is InChI=1S/C25H31N3O4S/c1-4-19-8-10-20(11-9-19)27(16-18(2)3)33(30,31)21-12-13-22-23(17-29)26-28(24(22)15-21)25-7-5-6-14-32-25/h8-13,15,17-18,25H,4-7,14,16H2,1-3H3. The van der Waals surface area contributed by atoms with Crippen molar-refractivity contribution in [3.8, 4) is 0 Å². The molecule has 1 aromatic heterocycles. The van der Waals surface area contributed by atoms with Gasteiger partial charge in [-0.15, -0.1) is 0 Å². The number of aromatic nitrogens is 2. The van der Waals surface area contributed by atoms with E-state index >= 15 is 0 Å². The molecule has 1 aliphatic heterocycles. The van der Waals surface area contributed by atoms with Crippen molar-refractivity contribution in [2.75, 3.05) is 17.5 Å². The van der Waals surface area contributed by atoms with E-state index in [-0.39, 0.29) is 22.7 Å². The lowest BCUT2D eigenvalue weighted by atomic mass is 10.1. The van der Waals surface area contributed by atoms with Gasteiger partial charge >= 0.3 is 0 Å². The number of sulfonamides is 1. The van der Waals surface area contributed by atoms with E-state index in [9.17, 15) is 13.2 Å². The maximum absolute atomic E-state index is 13.8. The Morgan fingerprint density at radius 2 is 1.94 bits per heavy atom. The molecule has 1 aliphatic rings. The van der Waals surface area contributed by atoms with Crippen molar-refractivity contribution in [2.45, 2.75) is 57.6 Å². The van der Waals surface area contributed by atoms with Crippen LogP contribution < -0.4 is 4.31 Å². The number of aryl methyl sites for hydroxylation is 1. The molecule has 1 saturated heterocycles. The van der Waals surface area contributed by atoms with Gasteiger partial charge in [-0.2, -0.15) is 5.10 Å². The number of carbonyl (C=O) groups excluding carboxylic acids is 1. The summed E-state index contributed by atoms with van der Waals surface area (Å²) in [5.41, 5.74) is 2.67. The molecule has 8 heteroatoms. The molecule has 0 radical (unpaired) electrons. The third-order valence-electron chi connectivity index (χ3n) is 6.00. The Labute approximate surface area is 195 Å². The van der Waals surface area contributed by atoms with Crippen LogP contribution in [-0.2, 0) is 21.2 Å². The first kappa shape index (κ1) is 23.4. The van der Waals surface area contributed by atoms with Crippen LogP contribution in [0.5, 0.6) is 0 Å². The minimum Gasteiger partial charge on any atom is -0.356 e. The van der Waals surface area contributed by atoms with Gasteiger partial charge in [-0.3, -0.25) is 9.10 Å². The van der Waals surface area contributed by atoms with E-state index in [1.54, 1.807) is 22.9 Å². The Hall–Kier alpha value is -2.71. The monoisotopic (exact) mass is 469 g/mol. The summed E-state index contributed by atoms with van der Waals surface area (Å²) in [6, 6.07) is 12.5. The van der Waals surface area contributed by atoms with Crippen molar-refractivity contribution < 1.29 is 17.9 Å². The van der Waals surface area contributed by atoms with E-state index in [4.69, 9.17) is 4.74 Å². The SMILES string of the molecule is CCc1ccc(N(CC(C)C)S(=O)(=O)c2ccc3c(C=O)nn(C4CCCCO4)c3c2)cc1. The van der Waals surface area contributed by atoms with Crippen molar-refractivity contribution in [3.05, 3.63) is 53.7 Å². The molecule has 1 unspecified atom stereocenters. The Balaban J connectivity index is 1.81. The summed E-state index contributed by atoms with van der Waals surface area (Å²) in [6.45, 7) is 7.04. The maximum atomic E-state index is 13.8. The van der Waals surface area contributed by atoms with Gasteiger partial charge in [0.1, 0.15) is 5.69 Å². The second-order valence-electron chi connectivity index (χ2n) is 8.90. The van der Waals surface area contributed by atoms with Gasteiger partial charge < -0.3 is 4.74 Å². The number of hydrogen-bond donors (Lipinski definition) is 0. The van der Waals surface area contributed by atoms with Gasteiger partial charge in [0, 0.05) is 18.5 Å². The fraction of sp³-hybridized carbons (Fsp3) is 0.440. The van der Waals surface area contributed by atoms with E-state index in [2.05, 4.69) is 12.0 Å². The predicted molar refractivity (Wildman–Crippen MR) is 129 cm³/mol. The number of anilines is 1. The fourth-order valence-corrected chi connectivity index (χ4v) is 5.87. The number of ether oxygens (including phenoxy) is 1. The highest BCUT2D eigenvalue weighted by Crippen LogP contribution is 2.31. The quantitative estimate of drug-likeness (QED) is 0.436. The molecular weight excluding hydrogens is 438 g/mol. The van der Waals surface area contributed by atoms with Crippen LogP contribution in [0.2, 0.25) is 0 Å². The molecule has 2 heterocycles. The summed E-state index contributed by atoms with van der Waals surface area (Å²) < 4.78 is 36.7. The number of nitrogens with zero attached hydrogens (tertiary/aromatic N) is 3. The van der Waals surface area contributed by atoms with Crippen LogP contribution in [0.1, 0.15) is 62.3 Å². The van der Waals surface area contributed by atoms with Gasteiger partial charge in [-0.25, -0.2) is 13.1 Å². The number of benzene rings is 2. The normalized spacial score (nSPS) is 16.9. The van der Waals surface area contributed by atoms with Gasteiger partial charge in [-0.05, 0) is 67.5 Å². The van der Waals surface area contributed by atoms with Gasteiger partial charge in [-0.1, -0.05) is 32.9 Å². The van der Waals surface area contributed by atoms with E-state index in [0.717, 1.165) is 31.2 Å². The highest BCUT2D eigenvalue weighted by atomic mass is 32.2. The second-order valence-corrected chi connectivity index (χ2v) is 10.8. The third kappa shape index (κ3) is 4.68. The smallest absolute Gasteiger partial charge is 0.264 e. The zero-order chi connectivity index (χ0) is 23.6. The van der Waals surface area contributed by atoms with Crippen LogP contribution in [0, 0.1) is 5.92 Å². The molecular formula is C25H31N3O4S. The lowest BCUT2D eigenvalue weighted by Crippen LogP contribution is -2.34. The van der Waals surface area contributed by atoms with Crippen molar-refractivity contribution in [1.29, 1.82) is 0 Å². The summed E-state index contributed by atoms with van der Waals surface area (Å²) in [4.78, 5) is 11.8. The summed E-state index contributed by atoms with van der Waals surface area (Å²) >= 11 is 0. The van der Waals surface area contributed by atoms with Crippen LogP contribution in [0.25, 0.3) is 10.9 Å². The minimum absolute atomic E-state index is 0.136. The molecule has 1 atom stereocenters. The molecule has 1 fully saturated rings. The number of hydrogen-bond acceptors (Lipinski definition) is 5. The van der Waals surface area contributed by atoms with Crippen LogP contribution in [0.15, 0.2) is 47.4 Å². The highest BCUT2D eigenvalue weighted by Gasteiger charge is 2.28. The fourth-order valence-electron chi connectivity index (χ4n) is 4.22. The molecule has 0 N–H and O–H groups in total. The number of carbonyl (C=O) groups is 1. The average molecular weight is 470 g/mol.